The molecule has 1 heterocycles. The molecule has 0 unspecified atom stereocenters. The fourth-order valence-electron chi connectivity index (χ4n) is 3.85. The standard InChI is InChI=1S/C18H25ClN2O2/c19-16-4-2-1-3-15(16)18(7-9-23-10-8-18)12-21-17(22)13-5-6-14(20)11-13/h1-4,13-14H,5-12,20H2,(H,21,22)/t13-,14-/m1/s1. The molecular weight excluding hydrogens is 312 g/mol. The van der Waals surface area contributed by atoms with Crippen LogP contribution in [0.3, 0.4) is 0 Å². The molecular formula is C18H25ClN2O2. The molecule has 5 heteroatoms. The van der Waals surface area contributed by atoms with Gasteiger partial charge in [0.2, 0.25) is 5.91 Å². The van der Waals surface area contributed by atoms with Crippen LogP contribution in [0.25, 0.3) is 0 Å². The van der Waals surface area contributed by atoms with Gasteiger partial charge in [-0.2, -0.15) is 0 Å². The summed E-state index contributed by atoms with van der Waals surface area (Å²) in [7, 11) is 0. The monoisotopic (exact) mass is 336 g/mol. The zero-order valence-corrected chi connectivity index (χ0v) is 14.1. The van der Waals surface area contributed by atoms with E-state index in [1.807, 2.05) is 18.2 Å². The number of carbonyl (C=O) groups excluding carboxylic acids is 1. The van der Waals surface area contributed by atoms with E-state index >= 15 is 0 Å². The zero-order valence-electron chi connectivity index (χ0n) is 13.4. The third kappa shape index (κ3) is 3.70. The van der Waals surface area contributed by atoms with Crippen molar-refractivity contribution in [3.63, 3.8) is 0 Å². The predicted molar refractivity (Wildman–Crippen MR) is 91.5 cm³/mol. The number of amides is 1. The number of ether oxygens (including phenoxy) is 1. The molecule has 1 amide bonds. The molecule has 2 aliphatic rings. The molecule has 1 saturated heterocycles. The molecule has 23 heavy (non-hydrogen) atoms. The number of nitrogens with two attached hydrogens (primary N) is 1. The Morgan fingerprint density at radius 2 is 2.04 bits per heavy atom. The first-order chi connectivity index (χ1) is 11.1. The maximum absolute atomic E-state index is 12.5. The van der Waals surface area contributed by atoms with E-state index in [1.165, 1.54) is 0 Å². The molecule has 1 aliphatic carbocycles. The van der Waals surface area contributed by atoms with Crippen molar-refractivity contribution >= 4 is 17.5 Å². The minimum absolute atomic E-state index is 0.0631. The van der Waals surface area contributed by atoms with Crippen LogP contribution in [0.2, 0.25) is 5.02 Å². The Hall–Kier alpha value is -1.10. The van der Waals surface area contributed by atoms with Crippen molar-refractivity contribution in [1.82, 2.24) is 5.32 Å². The number of rotatable bonds is 4. The first-order valence-electron chi connectivity index (χ1n) is 8.47. The zero-order chi connectivity index (χ0) is 16.3. The highest BCUT2D eigenvalue weighted by atomic mass is 35.5. The topological polar surface area (TPSA) is 64.4 Å². The molecule has 0 radical (unpaired) electrons. The lowest BCUT2D eigenvalue weighted by Gasteiger charge is -2.38. The summed E-state index contributed by atoms with van der Waals surface area (Å²) in [6, 6.07) is 8.12. The summed E-state index contributed by atoms with van der Waals surface area (Å²) in [5.74, 6) is 0.198. The van der Waals surface area contributed by atoms with Gasteiger partial charge < -0.3 is 15.8 Å². The summed E-state index contributed by atoms with van der Waals surface area (Å²) in [5.41, 5.74) is 6.91. The number of benzene rings is 1. The number of hydrogen-bond donors (Lipinski definition) is 2. The highest BCUT2D eigenvalue weighted by molar-refractivity contribution is 6.31. The van der Waals surface area contributed by atoms with Crippen molar-refractivity contribution in [3.8, 4) is 0 Å². The van der Waals surface area contributed by atoms with Crippen LogP contribution in [0.5, 0.6) is 0 Å². The van der Waals surface area contributed by atoms with Gasteiger partial charge in [-0.3, -0.25) is 4.79 Å². The van der Waals surface area contributed by atoms with Crippen molar-refractivity contribution in [1.29, 1.82) is 0 Å². The predicted octanol–water partition coefficient (Wildman–Crippen LogP) is 2.63. The Kier molecular flexibility index (Phi) is 5.24. The van der Waals surface area contributed by atoms with Crippen LogP contribution in [0, 0.1) is 5.92 Å². The second-order valence-electron chi connectivity index (χ2n) is 6.86. The number of halogens is 1. The molecule has 0 aromatic heterocycles. The van der Waals surface area contributed by atoms with Gasteiger partial charge in [0, 0.05) is 42.2 Å². The van der Waals surface area contributed by atoms with Gasteiger partial charge in [-0.1, -0.05) is 29.8 Å². The normalized spacial score (nSPS) is 26.9. The van der Waals surface area contributed by atoms with Crippen LogP contribution in [0.15, 0.2) is 24.3 Å². The Morgan fingerprint density at radius 3 is 2.70 bits per heavy atom. The van der Waals surface area contributed by atoms with E-state index in [-0.39, 0.29) is 23.3 Å². The Balaban J connectivity index is 1.72. The average Bonchev–Trinajstić information content (AvgIpc) is 3.00. The maximum atomic E-state index is 12.5. The van der Waals surface area contributed by atoms with Gasteiger partial charge >= 0.3 is 0 Å². The summed E-state index contributed by atoms with van der Waals surface area (Å²) in [5, 5.41) is 3.94. The second-order valence-corrected chi connectivity index (χ2v) is 7.27. The van der Waals surface area contributed by atoms with E-state index in [4.69, 9.17) is 22.1 Å². The molecule has 126 valence electrons. The molecule has 0 spiro atoms. The second kappa shape index (κ2) is 7.20. The van der Waals surface area contributed by atoms with E-state index < -0.39 is 0 Å². The van der Waals surface area contributed by atoms with Gasteiger partial charge in [0.05, 0.1) is 0 Å². The lowest BCUT2D eigenvalue weighted by molar-refractivity contribution is -0.125. The van der Waals surface area contributed by atoms with Crippen molar-refractivity contribution in [2.75, 3.05) is 19.8 Å². The molecule has 1 saturated carbocycles. The minimum Gasteiger partial charge on any atom is -0.381 e. The molecule has 0 bridgehead atoms. The SMILES string of the molecule is N[C@@H]1CC[C@@H](C(=O)NCC2(c3ccccc3Cl)CCOCC2)C1. The van der Waals surface area contributed by atoms with Crippen LogP contribution < -0.4 is 11.1 Å². The molecule has 2 atom stereocenters. The van der Waals surface area contributed by atoms with E-state index in [2.05, 4.69) is 11.4 Å². The quantitative estimate of drug-likeness (QED) is 0.888. The van der Waals surface area contributed by atoms with Crippen LogP contribution >= 0.6 is 11.6 Å². The van der Waals surface area contributed by atoms with E-state index in [1.54, 1.807) is 0 Å². The van der Waals surface area contributed by atoms with Crippen LogP contribution in [0.1, 0.15) is 37.7 Å². The van der Waals surface area contributed by atoms with Gasteiger partial charge in [-0.05, 0) is 43.7 Å². The largest absolute Gasteiger partial charge is 0.381 e. The Labute approximate surface area is 142 Å². The van der Waals surface area contributed by atoms with Crippen molar-refractivity contribution in [2.45, 2.75) is 43.6 Å². The van der Waals surface area contributed by atoms with Gasteiger partial charge in [-0.25, -0.2) is 0 Å². The molecule has 4 nitrogen and oxygen atoms in total. The van der Waals surface area contributed by atoms with Crippen molar-refractivity contribution < 1.29 is 9.53 Å². The third-order valence-corrected chi connectivity index (χ3v) is 5.67. The lowest BCUT2D eigenvalue weighted by Crippen LogP contribution is -2.46. The smallest absolute Gasteiger partial charge is 0.223 e. The molecule has 1 aromatic rings. The van der Waals surface area contributed by atoms with E-state index in [0.717, 1.165) is 42.7 Å². The van der Waals surface area contributed by atoms with E-state index in [0.29, 0.717) is 19.8 Å². The Morgan fingerprint density at radius 1 is 1.30 bits per heavy atom. The van der Waals surface area contributed by atoms with Gasteiger partial charge in [-0.15, -0.1) is 0 Å². The van der Waals surface area contributed by atoms with Gasteiger partial charge in [0.1, 0.15) is 0 Å². The summed E-state index contributed by atoms with van der Waals surface area (Å²) in [4.78, 5) is 12.5. The maximum Gasteiger partial charge on any atom is 0.223 e. The van der Waals surface area contributed by atoms with Crippen LogP contribution in [0.4, 0.5) is 0 Å². The fraction of sp³-hybridized carbons (Fsp3) is 0.611. The number of carbonyl (C=O) groups is 1. The lowest BCUT2D eigenvalue weighted by atomic mass is 9.74. The van der Waals surface area contributed by atoms with Gasteiger partial charge in [0.15, 0.2) is 0 Å². The van der Waals surface area contributed by atoms with Gasteiger partial charge in [0.25, 0.3) is 0 Å². The summed E-state index contributed by atoms with van der Waals surface area (Å²) in [6.45, 7) is 2.02. The third-order valence-electron chi connectivity index (χ3n) is 5.34. The summed E-state index contributed by atoms with van der Waals surface area (Å²) < 4.78 is 5.53. The van der Waals surface area contributed by atoms with E-state index in [9.17, 15) is 4.79 Å². The van der Waals surface area contributed by atoms with Crippen LogP contribution in [-0.4, -0.2) is 31.7 Å². The first-order valence-corrected chi connectivity index (χ1v) is 8.84. The first kappa shape index (κ1) is 16.7. The number of nitrogens with one attached hydrogen (secondary N) is 1. The highest BCUT2D eigenvalue weighted by Crippen LogP contribution is 2.38. The minimum atomic E-state index is -0.132. The number of hydrogen-bond acceptors (Lipinski definition) is 3. The fourth-order valence-corrected chi connectivity index (χ4v) is 4.19. The molecule has 1 aliphatic heterocycles. The summed E-state index contributed by atoms with van der Waals surface area (Å²) in [6.07, 6.45) is 4.40. The molecule has 3 N–H and O–H groups in total. The Bertz CT molecular complexity index is 558. The van der Waals surface area contributed by atoms with Crippen LogP contribution in [-0.2, 0) is 14.9 Å². The average molecular weight is 337 g/mol. The van der Waals surface area contributed by atoms with Crippen molar-refractivity contribution in [3.05, 3.63) is 34.9 Å². The van der Waals surface area contributed by atoms with Crippen molar-refractivity contribution in [2.24, 2.45) is 11.7 Å². The highest BCUT2D eigenvalue weighted by Gasteiger charge is 2.37. The molecule has 1 aromatic carbocycles. The summed E-state index contributed by atoms with van der Waals surface area (Å²) >= 11 is 6.44. The molecule has 2 fully saturated rings. The molecule has 3 rings (SSSR count).